The van der Waals surface area contributed by atoms with E-state index in [4.69, 9.17) is 16.9 Å². The molecule has 0 unspecified atom stereocenters. The van der Waals surface area contributed by atoms with Crippen LogP contribution >= 0.6 is 12.6 Å². The SMILES string of the molecule is CC[C@H](C)[C@H](NC(=O)[C@H](CS)NC(=O)[C@@H](N)Cc1ccccc1)C(=O)NCC(=O)N[C@@H](CCCNC(=N)N)C(=O)N[C@@H](CC(C)C)C(=O)O. The Balaban J connectivity index is 2.90. The normalized spacial score (nSPS) is 14.6. The summed E-state index contributed by atoms with van der Waals surface area (Å²) in [5.74, 6) is -5.30. The molecule has 1 aromatic rings. The molecular formula is C32H53N9O7S. The molecule has 5 amide bonds. The Bertz CT molecular complexity index is 1270. The van der Waals surface area contributed by atoms with E-state index in [-0.39, 0.29) is 49.4 Å². The topological polar surface area (TPSA) is 271 Å². The zero-order chi connectivity index (χ0) is 37.1. The first kappa shape index (κ1) is 42.6. The number of rotatable bonds is 22. The van der Waals surface area contributed by atoms with Gasteiger partial charge in [-0.05, 0) is 43.1 Å². The highest BCUT2D eigenvalue weighted by Crippen LogP contribution is 2.10. The van der Waals surface area contributed by atoms with Gasteiger partial charge in [0, 0.05) is 12.3 Å². The number of nitrogens with two attached hydrogens (primary N) is 2. The van der Waals surface area contributed by atoms with Crippen LogP contribution in [0.1, 0.15) is 58.9 Å². The number of hydrogen-bond donors (Lipinski definition) is 11. The largest absolute Gasteiger partial charge is 0.480 e. The van der Waals surface area contributed by atoms with Crippen LogP contribution in [0.2, 0.25) is 0 Å². The molecule has 0 aliphatic heterocycles. The number of guanidine groups is 1. The molecular weight excluding hydrogens is 654 g/mol. The molecule has 0 spiro atoms. The molecule has 12 N–H and O–H groups in total. The monoisotopic (exact) mass is 707 g/mol. The summed E-state index contributed by atoms with van der Waals surface area (Å²) in [4.78, 5) is 76.8. The van der Waals surface area contributed by atoms with Crippen molar-refractivity contribution in [1.29, 1.82) is 5.41 Å². The average molecular weight is 708 g/mol. The maximum atomic E-state index is 13.2. The van der Waals surface area contributed by atoms with E-state index in [2.05, 4.69) is 44.5 Å². The zero-order valence-corrected chi connectivity index (χ0v) is 29.5. The van der Waals surface area contributed by atoms with Gasteiger partial charge in [-0.2, -0.15) is 12.6 Å². The third kappa shape index (κ3) is 16.5. The van der Waals surface area contributed by atoms with Crippen molar-refractivity contribution in [2.75, 3.05) is 18.8 Å². The minimum Gasteiger partial charge on any atom is -0.480 e. The third-order valence-electron chi connectivity index (χ3n) is 7.63. The second-order valence-electron chi connectivity index (χ2n) is 12.3. The number of nitrogens with one attached hydrogen (secondary N) is 7. The van der Waals surface area contributed by atoms with Gasteiger partial charge in [-0.3, -0.25) is 29.4 Å². The number of aliphatic carboxylic acids is 1. The fraction of sp³-hybridized carbons (Fsp3) is 0.594. The van der Waals surface area contributed by atoms with Crippen molar-refractivity contribution >= 4 is 54.1 Å². The summed E-state index contributed by atoms with van der Waals surface area (Å²) in [6, 6.07) is 3.73. The van der Waals surface area contributed by atoms with Crippen LogP contribution in [-0.4, -0.2) is 95.6 Å². The Morgan fingerprint density at radius 1 is 0.857 bits per heavy atom. The number of benzene rings is 1. The van der Waals surface area contributed by atoms with E-state index in [9.17, 15) is 33.9 Å². The first-order valence-corrected chi connectivity index (χ1v) is 16.9. The van der Waals surface area contributed by atoms with Crippen molar-refractivity contribution in [3.63, 3.8) is 0 Å². The van der Waals surface area contributed by atoms with Crippen molar-refractivity contribution in [3.8, 4) is 0 Å². The van der Waals surface area contributed by atoms with Crippen LogP contribution in [0.15, 0.2) is 30.3 Å². The van der Waals surface area contributed by atoms with E-state index in [1.165, 1.54) is 0 Å². The molecule has 6 atom stereocenters. The van der Waals surface area contributed by atoms with Crippen molar-refractivity contribution in [3.05, 3.63) is 35.9 Å². The van der Waals surface area contributed by atoms with Crippen LogP contribution in [0.5, 0.6) is 0 Å². The van der Waals surface area contributed by atoms with Gasteiger partial charge in [-0.15, -0.1) is 0 Å². The zero-order valence-electron chi connectivity index (χ0n) is 28.6. The molecule has 0 radical (unpaired) electrons. The molecule has 1 rings (SSSR count). The second-order valence-corrected chi connectivity index (χ2v) is 12.6. The number of hydrogen-bond acceptors (Lipinski definition) is 9. The molecule has 49 heavy (non-hydrogen) atoms. The van der Waals surface area contributed by atoms with Gasteiger partial charge in [0.25, 0.3) is 0 Å². The summed E-state index contributed by atoms with van der Waals surface area (Å²) in [6.07, 6.45) is 1.29. The van der Waals surface area contributed by atoms with Gasteiger partial charge in [0.05, 0.1) is 12.6 Å². The molecule has 16 nitrogen and oxygen atoms in total. The van der Waals surface area contributed by atoms with E-state index >= 15 is 0 Å². The molecule has 1 aromatic carbocycles. The number of carbonyl (C=O) groups is 6. The minimum absolute atomic E-state index is 0.0279. The van der Waals surface area contributed by atoms with Crippen LogP contribution < -0.4 is 43.4 Å². The summed E-state index contributed by atoms with van der Waals surface area (Å²) in [5, 5.41) is 32.1. The maximum Gasteiger partial charge on any atom is 0.326 e. The molecule has 0 aromatic heterocycles. The van der Waals surface area contributed by atoms with E-state index in [0.717, 1.165) is 5.56 Å². The van der Waals surface area contributed by atoms with Crippen LogP contribution in [0, 0.1) is 17.2 Å². The van der Waals surface area contributed by atoms with Gasteiger partial charge >= 0.3 is 5.97 Å². The molecule has 0 saturated heterocycles. The number of carboxylic acid groups (broad SMARTS) is 1. The van der Waals surface area contributed by atoms with Crippen molar-refractivity contribution in [1.82, 2.24) is 31.9 Å². The quantitative estimate of drug-likeness (QED) is 0.0302. The van der Waals surface area contributed by atoms with Gasteiger partial charge < -0.3 is 48.5 Å². The molecule has 0 aliphatic carbocycles. The summed E-state index contributed by atoms with van der Waals surface area (Å²) >= 11 is 4.19. The maximum absolute atomic E-state index is 13.2. The van der Waals surface area contributed by atoms with Crippen molar-refractivity contribution in [2.24, 2.45) is 23.3 Å². The number of carbonyl (C=O) groups excluding carboxylic acids is 5. The fourth-order valence-corrected chi connectivity index (χ4v) is 4.93. The van der Waals surface area contributed by atoms with Crippen molar-refractivity contribution < 1.29 is 33.9 Å². The summed E-state index contributed by atoms with van der Waals surface area (Å²) in [7, 11) is 0. The Morgan fingerprint density at radius 3 is 2.02 bits per heavy atom. The summed E-state index contributed by atoms with van der Waals surface area (Å²) < 4.78 is 0. The van der Waals surface area contributed by atoms with Gasteiger partial charge in [-0.1, -0.05) is 64.4 Å². The Morgan fingerprint density at radius 2 is 1.47 bits per heavy atom. The predicted octanol–water partition coefficient (Wildman–Crippen LogP) is -1.02. The lowest BCUT2D eigenvalue weighted by Crippen LogP contribution is -2.58. The van der Waals surface area contributed by atoms with Crippen LogP contribution in [0.25, 0.3) is 0 Å². The summed E-state index contributed by atoms with van der Waals surface area (Å²) in [5.41, 5.74) is 12.2. The number of thiol groups is 1. The lowest BCUT2D eigenvalue weighted by molar-refractivity contribution is -0.142. The fourth-order valence-electron chi connectivity index (χ4n) is 4.68. The second kappa shape index (κ2) is 22.3. The van der Waals surface area contributed by atoms with Crippen molar-refractivity contribution in [2.45, 2.75) is 90.0 Å². The number of amides is 5. The highest BCUT2D eigenvalue weighted by atomic mass is 32.1. The van der Waals surface area contributed by atoms with Crippen LogP contribution in [-0.2, 0) is 35.2 Å². The average Bonchev–Trinajstić information content (AvgIpc) is 3.05. The van der Waals surface area contributed by atoms with E-state index in [1.807, 2.05) is 51.1 Å². The van der Waals surface area contributed by atoms with E-state index in [1.54, 1.807) is 6.92 Å². The van der Waals surface area contributed by atoms with Crippen LogP contribution in [0.4, 0.5) is 0 Å². The Hall–Kier alpha value is -4.38. The molecule has 0 aliphatic rings. The standard InChI is InChI=1S/C32H53N9O7S/c1-5-19(4)26(41-29(45)24(17-49)40-27(43)21(33)15-20-10-7-6-8-11-20)30(46)37-16-25(42)38-22(12-9-13-36-32(34)35)28(44)39-23(31(47)48)14-18(2)3/h6-8,10-11,18-19,21-24,26,49H,5,9,12-17,33H2,1-4H3,(H,37,46)(H,38,42)(H,39,44)(H,40,43)(H,41,45)(H,47,48)(H4,34,35,36)/t19-,21-,22-,23-,24-,26-/m0/s1. The highest BCUT2D eigenvalue weighted by Gasteiger charge is 2.31. The minimum atomic E-state index is -1.22. The van der Waals surface area contributed by atoms with Gasteiger partial charge in [0.2, 0.25) is 29.5 Å². The lowest BCUT2D eigenvalue weighted by Gasteiger charge is -2.26. The van der Waals surface area contributed by atoms with E-state index < -0.39 is 72.3 Å². The first-order chi connectivity index (χ1) is 23.1. The Labute approximate surface area is 293 Å². The third-order valence-corrected chi connectivity index (χ3v) is 7.99. The van der Waals surface area contributed by atoms with Gasteiger partial charge in [-0.25, -0.2) is 4.79 Å². The molecule has 17 heteroatoms. The summed E-state index contributed by atoms with van der Waals surface area (Å²) in [6.45, 7) is 6.85. The molecule has 0 heterocycles. The predicted molar refractivity (Wildman–Crippen MR) is 188 cm³/mol. The highest BCUT2D eigenvalue weighted by molar-refractivity contribution is 7.80. The van der Waals surface area contributed by atoms with Crippen LogP contribution in [0.3, 0.4) is 0 Å². The smallest absolute Gasteiger partial charge is 0.326 e. The molecule has 0 bridgehead atoms. The Kier molecular flexibility index (Phi) is 19.4. The lowest BCUT2D eigenvalue weighted by atomic mass is 9.98. The van der Waals surface area contributed by atoms with Gasteiger partial charge in [0.15, 0.2) is 5.96 Å². The molecule has 0 fully saturated rings. The first-order valence-electron chi connectivity index (χ1n) is 16.3. The van der Waals surface area contributed by atoms with E-state index in [0.29, 0.717) is 12.8 Å². The van der Waals surface area contributed by atoms with Gasteiger partial charge in [0.1, 0.15) is 24.2 Å². The molecule has 274 valence electrons. The molecule has 0 saturated carbocycles. The number of carboxylic acids is 1.